The first-order valence-corrected chi connectivity index (χ1v) is 6.01. The Morgan fingerprint density at radius 2 is 2.24 bits per heavy atom. The largest absolute Gasteiger partial charge is 0.497 e. The fraction of sp³-hybridized carbons (Fsp3) is 0.429. The van der Waals surface area contributed by atoms with Gasteiger partial charge in [0.2, 0.25) is 0 Å². The molecular weight excluding hydrogens is 212 g/mol. The highest BCUT2D eigenvalue weighted by Crippen LogP contribution is 2.27. The molecule has 0 saturated carbocycles. The summed E-state index contributed by atoms with van der Waals surface area (Å²) in [5, 5.41) is 6.49. The van der Waals surface area contributed by atoms with Crippen molar-refractivity contribution in [2.24, 2.45) is 0 Å². The molecule has 0 aromatic heterocycles. The second-order valence-corrected chi connectivity index (χ2v) is 4.55. The lowest BCUT2D eigenvalue weighted by molar-refractivity contribution is 0.414. The number of ether oxygens (including phenoxy) is 1. The van der Waals surface area contributed by atoms with Gasteiger partial charge in [-0.3, -0.25) is 0 Å². The van der Waals surface area contributed by atoms with Crippen molar-refractivity contribution in [2.45, 2.75) is 26.2 Å². The lowest BCUT2D eigenvalue weighted by Crippen LogP contribution is -2.15. The van der Waals surface area contributed by atoms with E-state index in [0.29, 0.717) is 5.92 Å². The van der Waals surface area contributed by atoms with Crippen molar-refractivity contribution >= 4 is 0 Å². The van der Waals surface area contributed by atoms with Crippen LogP contribution in [0.15, 0.2) is 30.1 Å². The number of allylic oxidation sites excluding steroid dienone is 1. The van der Waals surface area contributed by atoms with Gasteiger partial charge in [-0.15, -0.1) is 0 Å². The van der Waals surface area contributed by atoms with Crippen LogP contribution in [0, 0.1) is 6.92 Å². The number of hydrogen-bond acceptors (Lipinski definition) is 3. The zero-order valence-electron chi connectivity index (χ0n) is 10.7. The van der Waals surface area contributed by atoms with Crippen LogP contribution in [0.5, 0.6) is 5.75 Å². The van der Waals surface area contributed by atoms with Crippen molar-refractivity contribution in [2.75, 3.05) is 13.8 Å². The Balaban J connectivity index is 2.10. The molecule has 0 saturated heterocycles. The molecule has 17 heavy (non-hydrogen) atoms. The number of rotatable bonds is 4. The minimum atomic E-state index is 0.513. The van der Waals surface area contributed by atoms with Gasteiger partial charge in [0.1, 0.15) is 5.75 Å². The van der Waals surface area contributed by atoms with Gasteiger partial charge in [0.15, 0.2) is 0 Å². The molecule has 1 aromatic carbocycles. The van der Waals surface area contributed by atoms with Crippen molar-refractivity contribution in [3.63, 3.8) is 0 Å². The number of nitrogens with one attached hydrogen (secondary N) is 2. The molecule has 3 heteroatoms. The van der Waals surface area contributed by atoms with Crippen LogP contribution in [0.25, 0.3) is 0 Å². The highest BCUT2D eigenvalue weighted by atomic mass is 16.5. The number of benzene rings is 1. The van der Waals surface area contributed by atoms with Gasteiger partial charge in [-0.2, -0.15) is 0 Å². The van der Waals surface area contributed by atoms with Crippen LogP contribution in [0.3, 0.4) is 0 Å². The van der Waals surface area contributed by atoms with Crippen LogP contribution in [0.1, 0.15) is 30.4 Å². The molecule has 0 bridgehead atoms. The molecule has 0 fully saturated rings. The summed E-state index contributed by atoms with van der Waals surface area (Å²) in [6, 6.07) is 6.30. The van der Waals surface area contributed by atoms with E-state index in [-0.39, 0.29) is 0 Å². The average Bonchev–Trinajstić information content (AvgIpc) is 2.81. The fourth-order valence-electron chi connectivity index (χ4n) is 2.29. The Morgan fingerprint density at radius 1 is 1.41 bits per heavy atom. The average molecular weight is 232 g/mol. The highest BCUT2D eigenvalue weighted by molar-refractivity contribution is 5.37. The molecule has 2 rings (SSSR count). The maximum atomic E-state index is 5.23. The minimum Gasteiger partial charge on any atom is -0.497 e. The SMILES string of the molecule is COc1ccc(C(C)CC2=CNCN2)c(C)c1. The Bertz CT molecular complexity index is 426. The van der Waals surface area contributed by atoms with E-state index in [1.54, 1.807) is 7.11 Å². The molecule has 1 aliphatic rings. The Morgan fingerprint density at radius 3 is 2.82 bits per heavy atom. The summed E-state index contributed by atoms with van der Waals surface area (Å²) in [5.74, 6) is 1.44. The number of hydrogen-bond donors (Lipinski definition) is 2. The van der Waals surface area contributed by atoms with Gasteiger partial charge in [-0.25, -0.2) is 0 Å². The molecule has 92 valence electrons. The molecule has 0 aliphatic carbocycles. The molecular formula is C14H20N2O. The highest BCUT2D eigenvalue weighted by Gasteiger charge is 2.13. The van der Waals surface area contributed by atoms with E-state index < -0.39 is 0 Å². The molecule has 0 radical (unpaired) electrons. The topological polar surface area (TPSA) is 33.3 Å². The van der Waals surface area contributed by atoms with Gasteiger partial charge in [-0.1, -0.05) is 13.0 Å². The lowest BCUT2D eigenvalue weighted by Gasteiger charge is -2.16. The third-order valence-corrected chi connectivity index (χ3v) is 3.23. The fourth-order valence-corrected chi connectivity index (χ4v) is 2.29. The first-order valence-electron chi connectivity index (χ1n) is 6.01. The molecule has 0 amide bonds. The first-order chi connectivity index (χ1) is 8.20. The van der Waals surface area contributed by atoms with Crippen molar-refractivity contribution < 1.29 is 4.74 Å². The molecule has 3 nitrogen and oxygen atoms in total. The van der Waals surface area contributed by atoms with Gasteiger partial charge in [0.25, 0.3) is 0 Å². The summed E-state index contributed by atoms with van der Waals surface area (Å²) in [4.78, 5) is 0. The molecule has 1 heterocycles. The zero-order valence-corrected chi connectivity index (χ0v) is 10.7. The van der Waals surface area contributed by atoms with E-state index in [2.05, 4.69) is 42.8 Å². The summed E-state index contributed by atoms with van der Waals surface area (Å²) in [6.45, 7) is 5.25. The van der Waals surface area contributed by atoms with Crippen molar-refractivity contribution in [1.82, 2.24) is 10.6 Å². The third-order valence-electron chi connectivity index (χ3n) is 3.23. The lowest BCUT2D eigenvalue weighted by atomic mass is 9.92. The van der Waals surface area contributed by atoms with E-state index in [4.69, 9.17) is 4.74 Å². The van der Waals surface area contributed by atoms with E-state index in [9.17, 15) is 0 Å². The normalized spacial score (nSPS) is 15.8. The van der Waals surface area contributed by atoms with Crippen LogP contribution in [-0.4, -0.2) is 13.8 Å². The van der Waals surface area contributed by atoms with Crippen LogP contribution >= 0.6 is 0 Å². The zero-order chi connectivity index (χ0) is 12.3. The van der Waals surface area contributed by atoms with Gasteiger partial charge in [-0.05, 0) is 42.5 Å². The second-order valence-electron chi connectivity index (χ2n) is 4.55. The molecule has 1 unspecified atom stereocenters. The summed E-state index contributed by atoms with van der Waals surface area (Å²) >= 11 is 0. The van der Waals surface area contributed by atoms with E-state index in [1.165, 1.54) is 16.8 Å². The Kier molecular flexibility index (Phi) is 3.57. The summed E-state index contributed by atoms with van der Waals surface area (Å²) in [5.41, 5.74) is 3.97. The van der Waals surface area contributed by atoms with Crippen molar-refractivity contribution in [1.29, 1.82) is 0 Å². The van der Waals surface area contributed by atoms with Gasteiger partial charge in [0.05, 0.1) is 13.8 Å². The smallest absolute Gasteiger partial charge is 0.119 e. The Hall–Kier alpha value is -1.64. The monoisotopic (exact) mass is 232 g/mol. The number of methoxy groups -OCH3 is 1. The summed E-state index contributed by atoms with van der Waals surface area (Å²) < 4.78 is 5.23. The number of aryl methyl sites for hydroxylation is 1. The first kappa shape index (κ1) is 11.8. The van der Waals surface area contributed by atoms with Gasteiger partial charge >= 0.3 is 0 Å². The third kappa shape index (κ3) is 2.73. The minimum absolute atomic E-state index is 0.513. The molecule has 0 spiro atoms. The molecule has 2 N–H and O–H groups in total. The van der Waals surface area contributed by atoms with E-state index in [1.807, 2.05) is 6.07 Å². The molecule has 1 aliphatic heterocycles. The summed E-state index contributed by atoms with van der Waals surface area (Å²) in [7, 11) is 1.71. The summed E-state index contributed by atoms with van der Waals surface area (Å²) in [6.07, 6.45) is 3.11. The predicted molar refractivity (Wildman–Crippen MR) is 70.0 cm³/mol. The van der Waals surface area contributed by atoms with Crippen molar-refractivity contribution in [3.8, 4) is 5.75 Å². The van der Waals surface area contributed by atoms with Crippen molar-refractivity contribution in [3.05, 3.63) is 41.2 Å². The molecule has 1 aromatic rings. The van der Waals surface area contributed by atoms with Crippen LogP contribution in [-0.2, 0) is 0 Å². The predicted octanol–water partition coefficient (Wildman–Crippen LogP) is 2.49. The van der Waals surface area contributed by atoms with Gasteiger partial charge < -0.3 is 15.4 Å². The van der Waals surface area contributed by atoms with Crippen LogP contribution in [0.2, 0.25) is 0 Å². The second kappa shape index (κ2) is 5.13. The quantitative estimate of drug-likeness (QED) is 0.836. The van der Waals surface area contributed by atoms with Crippen LogP contribution in [0.4, 0.5) is 0 Å². The Labute approximate surface area is 103 Å². The van der Waals surface area contributed by atoms with E-state index in [0.717, 1.165) is 18.8 Å². The van der Waals surface area contributed by atoms with E-state index >= 15 is 0 Å². The maximum absolute atomic E-state index is 5.23. The maximum Gasteiger partial charge on any atom is 0.119 e. The van der Waals surface area contributed by atoms with Gasteiger partial charge in [0, 0.05) is 11.9 Å². The standard InChI is InChI=1S/C14H20N2O/c1-10(6-12-8-15-9-16-12)14-5-4-13(17-3)7-11(14)2/h4-5,7-8,10,15-16H,6,9H2,1-3H3. The van der Waals surface area contributed by atoms with Crippen LogP contribution < -0.4 is 15.4 Å². The molecule has 1 atom stereocenters.